The van der Waals surface area contributed by atoms with Gasteiger partial charge >= 0.3 is 0 Å². The first-order valence-corrected chi connectivity index (χ1v) is 8.50. The summed E-state index contributed by atoms with van der Waals surface area (Å²) in [7, 11) is 0. The smallest absolute Gasteiger partial charge is 0.116 e. The number of phenolic OH excluding ortho intramolecular Hbond substituents is 1. The first-order chi connectivity index (χ1) is 11.3. The number of aromatic hydroxyl groups is 1. The van der Waals surface area contributed by atoms with Gasteiger partial charge in [0.05, 0.1) is 11.2 Å². The Morgan fingerprint density at radius 1 is 0.870 bits per heavy atom. The van der Waals surface area contributed by atoms with E-state index in [1.54, 1.807) is 6.07 Å². The van der Waals surface area contributed by atoms with Crippen LogP contribution in [-0.4, -0.2) is 9.78 Å². The Morgan fingerprint density at radius 3 is 2.48 bits per heavy atom. The lowest BCUT2D eigenvalue weighted by Crippen LogP contribution is -2.14. The van der Waals surface area contributed by atoms with Gasteiger partial charge in [0.25, 0.3) is 0 Å². The molecule has 0 aliphatic heterocycles. The predicted octanol–water partition coefficient (Wildman–Crippen LogP) is 4.88. The molecule has 0 bridgehead atoms. The minimum Gasteiger partial charge on any atom is -0.508 e. The van der Waals surface area contributed by atoms with E-state index in [2.05, 4.69) is 22.2 Å². The molecule has 3 aromatic rings. The molecule has 0 saturated carbocycles. The first-order valence-electron chi connectivity index (χ1n) is 8.50. The molecule has 3 heteroatoms. The molecule has 0 amide bonds. The van der Waals surface area contributed by atoms with E-state index >= 15 is 0 Å². The number of nitrogens with zero attached hydrogens (tertiary/aromatic N) is 1. The Kier molecular flexibility index (Phi) is 3.70. The van der Waals surface area contributed by atoms with E-state index in [0.717, 1.165) is 24.0 Å². The molecule has 0 unspecified atom stereocenters. The third kappa shape index (κ3) is 2.67. The van der Waals surface area contributed by atoms with Crippen LogP contribution < -0.4 is 5.43 Å². The van der Waals surface area contributed by atoms with Gasteiger partial charge in [-0.3, -0.25) is 10.1 Å². The number of benzene rings is 2. The number of nitrogens with one attached hydrogen (secondary N) is 1. The summed E-state index contributed by atoms with van der Waals surface area (Å²) in [4.78, 5) is 0. The Labute approximate surface area is 136 Å². The van der Waals surface area contributed by atoms with Crippen LogP contribution in [0.15, 0.2) is 48.5 Å². The number of hydrogen-bond acceptors (Lipinski definition) is 2. The summed E-state index contributed by atoms with van der Waals surface area (Å²) in [5.41, 5.74) is 8.57. The summed E-state index contributed by atoms with van der Waals surface area (Å²) in [6.45, 7) is 0. The number of phenols is 1. The van der Waals surface area contributed by atoms with Crippen LogP contribution in [0.2, 0.25) is 0 Å². The zero-order chi connectivity index (χ0) is 15.6. The highest BCUT2D eigenvalue weighted by molar-refractivity contribution is 5.87. The lowest BCUT2D eigenvalue weighted by atomic mass is 9.97. The minimum atomic E-state index is 0.347. The first kappa shape index (κ1) is 14.2. The molecule has 1 heterocycles. The summed E-state index contributed by atoms with van der Waals surface area (Å²) >= 11 is 0. The molecule has 118 valence electrons. The highest BCUT2D eigenvalue weighted by Crippen LogP contribution is 2.33. The van der Waals surface area contributed by atoms with Crippen LogP contribution in [0.3, 0.4) is 0 Å². The summed E-state index contributed by atoms with van der Waals surface area (Å²) < 4.78 is 2.23. The quantitative estimate of drug-likeness (QED) is 0.708. The fraction of sp³-hybridized carbons (Fsp3) is 0.300. The molecule has 1 aromatic heterocycles. The third-order valence-electron chi connectivity index (χ3n) is 4.77. The number of fused-ring (bicyclic) bond motifs is 3. The van der Waals surface area contributed by atoms with Gasteiger partial charge in [-0.25, -0.2) is 0 Å². The molecule has 0 fully saturated rings. The van der Waals surface area contributed by atoms with E-state index in [1.165, 1.54) is 42.3 Å². The van der Waals surface area contributed by atoms with Crippen molar-refractivity contribution in [2.24, 2.45) is 0 Å². The van der Waals surface area contributed by atoms with Crippen molar-refractivity contribution in [2.45, 2.75) is 38.5 Å². The Balaban J connectivity index is 1.89. The second kappa shape index (κ2) is 5.99. The van der Waals surface area contributed by atoms with Crippen molar-refractivity contribution in [3.05, 3.63) is 59.8 Å². The summed E-state index contributed by atoms with van der Waals surface area (Å²) in [5.74, 6) is 0.347. The molecule has 1 aliphatic carbocycles. The van der Waals surface area contributed by atoms with E-state index in [9.17, 15) is 5.11 Å². The average Bonchev–Trinajstić information content (AvgIpc) is 2.80. The number of anilines is 1. The molecule has 0 saturated heterocycles. The number of hydrogen-bond donors (Lipinski definition) is 2. The Bertz CT molecular complexity index is 821. The monoisotopic (exact) mass is 306 g/mol. The van der Waals surface area contributed by atoms with Gasteiger partial charge in [0.15, 0.2) is 0 Å². The van der Waals surface area contributed by atoms with Gasteiger partial charge in [-0.05, 0) is 61.6 Å². The van der Waals surface area contributed by atoms with Crippen molar-refractivity contribution in [3.8, 4) is 5.75 Å². The van der Waals surface area contributed by atoms with Gasteiger partial charge in [0.2, 0.25) is 0 Å². The SMILES string of the molecule is Oc1ccc2c(c1)c1c(n2Nc2ccccc2)CCCCCC1. The van der Waals surface area contributed by atoms with Crippen molar-refractivity contribution < 1.29 is 5.11 Å². The lowest BCUT2D eigenvalue weighted by molar-refractivity contribution is 0.476. The number of aromatic nitrogens is 1. The molecule has 2 N–H and O–H groups in total. The van der Waals surface area contributed by atoms with E-state index < -0.39 is 0 Å². The van der Waals surface area contributed by atoms with Gasteiger partial charge in [0, 0.05) is 11.1 Å². The van der Waals surface area contributed by atoms with E-state index in [0.29, 0.717) is 5.75 Å². The second-order valence-corrected chi connectivity index (χ2v) is 6.35. The molecule has 1 aliphatic rings. The van der Waals surface area contributed by atoms with Gasteiger partial charge in [0.1, 0.15) is 5.75 Å². The van der Waals surface area contributed by atoms with Crippen molar-refractivity contribution in [2.75, 3.05) is 5.43 Å². The van der Waals surface area contributed by atoms with Crippen molar-refractivity contribution >= 4 is 16.6 Å². The molecule has 0 spiro atoms. The average molecular weight is 306 g/mol. The normalized spacial score (nSPS) is 15.0. The Hall–Kier alpha value is -2.42. The maximum absolute atomic E-state index is 9.93. The molecule has 2 aromatic carbocycles. The highest BCUT2D eigenvalue weighted by Gasteiger charge is 2.19. The minimum absolute atomic E-state index is 0.347. The third-order valence-corrected chi connectivity index (χ3v) is 4.77. The van der Waals surface area contributed by atoms with Crippen LogP contribution in [0.4, 0.5) is 5.69 Å². The molecule has 23 heavy (non-hydrogen) atoms. The predicted molar refractivity (Wildman–Crippen MR) is 94.9 cm³/mol. The van der Waals surface area contributed by atoms with Crippen LogP contribution in [0.25, 0.3) is 10.9 Å². The standard InChI is InChI=1S/C20H22N2O/c23-16-12-13-20-18(14-16)17-10-6-1-2-7-11-19(17)22(20)21-15-8-4-3-5-9-15/h3-5,8-9,12-14,21,23H,1-2,6-7,10-11H2. The van der Waals surface area contributed by atoms with Crippen LogP contribution in [0, 0.1) is 0 Å². The van der Waals surface area contributed by atoms with Crippen LogP contribution in [0.5, 0.6) is 5.75 Å². The summed E-state index contributed by atoms with van der Waals surface area (Å²) in [6, 6.07) is 16.0. The van der Waals surface area contributed by atoms with Crippen LogP contribution in [-0.2, 0) is 12.8 Å². The summed E-state index contributed by atoms with van der Waals surface area (Å²) in [6.07, 6.45) is 7.25. The largest absolute Gasteiger partial charge is 0.508 e. The van der Waals surface area contributed by atoms with Crippen molar-refractivity contribution in [1.82, 2.24) is 4.68 Å². The highest BCUT2D eigenvalue weighted by atomic mass is 16.3. The van der Waals surface area contributed by atoms with E-state index in [4.69, 9.17) is 0 Å². The molecule has 0 radical (unpaired) electrons. The second-order valence-electron chi connectivity index (χ2n) is 6.35. The topological polar surface area (TPSA) is 37.2 Å². The fourth-order valence-electron chi connectivity index (χ4n) is 3.66. The maximum atomic E-state index is 9.93. The van der Waals surface area contributed by atoms with Gasteiger partial charge < -0.3 is 5.11 Å². The molecular formula is C20H22N2O. The number of aryl methyl sites for hydroxylation is 1. The zero-order valence-corrected chi connectivity index (χ0v) is 13.3. The number of para-hydroxylation sites is 1. The van der Waals surface area contributed by atoms with Crippen molar-refractivity contribution in [1.29, 1.82) is 0 Å². The van der Waals surface area contributed by atoms with Gasteiger partial charge in [-0.2, -0.15) is 0 Å². The molecule has 4 rings (SSSR count). The van der Waals surface area contributed by atoms with Crippen LogP contribution >= 0.6 is 0 Å². The number of rotatable bonds is 2. The maximum Gasteiger partial charge on any atom is 0.116 e. The van der Waals surface area contributed by atoms with E-state index in [-0.39, 0.29) is 0 Å². The molecular weight excluding hydrogens is 284 g/mol. The Morgan fingerprint density at radius 2 is 1.65 bits per heavy atom. The van der Waals surface area contributed by atoms with Crippen LogP contribution in [0.1, 0.15) is 36.9 Å². The fourth-order valence-corrected chi connectivity index (χ4v) is 3.66. The van der Waals surface area contributed by atoms with Crippen molar-refractivity contribution in [3.63, 3.8) is 0 Å². The lowest BCUT2D eigenvalue weighted by Gasteiger charge is -2.16. The molecule has 3 nitrogen and oxygen atoms in total. The zero-order valence-electron chi connectivity index (χ0n) is 13.3. The van der Waals surface area contributed by atoms with Gasteiger partial charge in [-0.1, -0.05) is 31.0 Å². The summed E-state index contributed by atoms with van der Waals surface area (Å²) in [5, 5.41) is 11.1. The van der Waals surface area contributed by atoms with Gasteiger partial charge in [-0.15, -0.1) is 0 Å². The molecule has 0 atom stereocenters. The van der Waals surface area contributed by atoms with E-state index in [1.807, 2.05) is 30.3 Å².